The van der Waals surface area contributed by atoms with E-state index in [1.165, 1.54) is 6.07 Å². The third-order valence-corrected chi connectivity index (χ3v) is 3.76. The first-order valence-electron chi connectivity index (χ1n) is 7.78. The van der Waals surface area contributed by atoms with E-state index in [0.29, 0.717) is 11.3 Å². The van der Waals surface area contributed by atoms with Crippen molar-refractivity contribution in [2.24, 2.45) is 0 Å². The van der Waals surface area contributed by atoms with Gasteiger partial charge in [-0.25, -0.2) is 13.6 Å². The summed E-state index contributed by atoms with van der Waals surface area (Å²) in [5, 5.41) is 9.29. The number of ether oxygens (including phenoxy) is 1. The van der Waals surface area contributed by atoms with E-state index < -0.39 is 23.4 Å². The van der Waals surface area contributed by atoms with Gasteiger partial charge in [-0.1, -0.05) is 6.07 Å². The van der Waals surface area contributed by atoms with E-state index in [1.807, 2.05) is 0 Å². The zero-order chi connectivity index (χ0) is 19.4. The lowest BCUT2D eigenvalue weighted by molar-refractivity contribution is 0.0525. The minimum absolute atomic E-state index is 0.0703. The molecule has 0 unspecified atom stereocenters. The number of aryl methyl sites for hydroxylation is 1. The number of hydrogen-bond donors (Lipinski definition) is 1. The summed E-state index contributed by atoms with van der Waals surface area (Å²) < 4.78 is 31.3. The van der Waals surface area contributed by atoms with Crippen LogP contribution in [0, 0.1) is 36.8 Å². The fourth-order valence-electron chi connectivity index (χ4n) is 2.54. The Bertz CT molecular complexity index is 952. The van der Waals surface area contributed by atoms with Crippen LogP contribution in [0.25, 0.3) is 6.08 Å². The Morgan fingerprint density at radius 3 is 2.54 bits per heavy atom. The number of nitriles is 1. The van der Waals surface area contributed by atoms with Crippen molar-refractivity contribution in [3.63, 3.8) is 0 Å². The van der Waals surface area contributed by atoms with Crippen LogP contribution in [0.5, 0.6) is 0 Å². The molecule has 7 heteroatoms. The third kappa shape index (κ3) is 3.70. The average Bonchev–Trinajstić information content (AvgIpc) is 2.90. The van der Waals surface area contributed by atoms with Gasteiger partial charge in [0, 0.05) is 5.69 Å². The second kappa shape index (κ2) is 7.74. The molecule has 1 aromatic heterocycles. The number of hydrogen-bond acceptors (Lipinski definition) is 4. The number of H-pyrrole nitrogens is 1. The van der Waals surface area contributed by atoms with Gasteiger partial charge < -0.3 is 9.72 Å². The van der Waals surface area contributed by atoms with Crippen LogP contribution in [0.15, 0.2) is 23.8 Å². The summed E-state index contributed by atoms with van der Waals surface area (Å²) >= 11 is 0. The maximum Gasteiger partial charge on any atom is 0.340 e. The van der Waals surface area contributed by atoms with E-state index in [-0.39, 0.29) is 29.0 Å². The molecular formula is C19H16F2N2O3. The lowest BCUT2D eigenvalue weighted by atomic mass is 10.0. The van der Waals surface area contributed by atoms with Crippen molar-refractivity contribution >= 4 is 17.8 Å². The van der Waals surface area contributed by atoms with Crippen LogP contribution < -0.4 is 0 Å². The lowest BCUT2D eigenvalue weighted by Crippen LogP contribution is -2.08. The van der Waals surface area contributed by atoms with Gasteiger partial charge in [0.1, 0.15) is 11.6 Å². The Morgan fingerprint density at radius 2 is 1.96 bits per heavy atom. The first-order valence-corrected chi connectivity index (χ1v) is 7.78. The largest absolute Gasteiger partial charge is 0.462 e. The fourth-order valence-corrected chi connectivity index (χ4v) is 2.54. The fraction of sp³-hybridized carbons (Fsp3) is 0.211. The highest BCUT2D eigenvalue weighted by Crippen LogP contribution is 2.22. The number of carbonyl (C=O) groups excluding carboxylic acids is 2. The summed E-state index contributed by atoms with van der Waals surface area (Å²) in [7, 11) is 0. The minimum Gasteiger partial charge on any atom is -0.462 e. The second-order valence-electron chi connectivity index (χ2n) is 5.52. The Hall–Kier alpha value is -3.27. The van der Waals surface area contributed by atoms with Gasteiger partial charge >= 0.3 is 5.97 Å². The predicted molar refractivity (Wildman–Crippen MR) is 90.5 cm³/mol. The molecular weight excluding hydrogens is 342 g/mol. The van der Waals surface area contributed by atoms with Crippen molar-refractivity contribution in [1.82, 2.24) is 4.98 Å². The predicted octanol–water partition coefficient (Wildman–Crippen LogP) is 3.88. The third-order valence-electron chi connectivity index (χ3n) is 3.76. The van der Waals surface area contributed by atoms with Crippen molar-refractivity contribution in [3.05, 3.63) is 63.5 Å². The van der Waals surface area contributed by atoms with Crippen LogP contribution in [-0.4, -0.2) is 23.3 Å². The van der Waals surface area contributed by atoms with Crippen LogP contribution in [0.1, 0.15) is 44.6 Å². The maximum absolute atomic E-state index is 13.3. The van der Waals surface area contributed by atoms with Crippen LogP contribution in [-0.2, 0) is 4.74 Å². The first-order chi connectivity index (χ1) is 12.3. The van der Waals surface area contributed by atoms with Gasteiger partial charge in [-0.05, 0) is 50.1 Å². The van der Waals surface area contributed by atoms with E-state index in [0.717, 1.165) is 18.2 Å². The van der Waals surface area contributed by atoms with Crippen molar-refractivity contribution in [1.29, 1.82) is 5.26 Å². The zero-order valence-corrected chi connectivity index (χ0v) is 14.4. The van der Waals surface area contributed by atoms with Gasteiger partial charge in [-0.15, -0.1) is 0 Å². The number of Topliss-reactive ketones (excluding diaryl/α,β-unsaturated/α-hetero) is 1. The smallest absolute Gasteiger partial charge is 0.340 e. The van der Waals surface area contributed by atoms with Crippen molar-refractivity contribution in [3.8, 4) is 6.07 Å². The normalized spacial score (nSPS) is 11.2. The summed E-state index contributed by atoms with van der Waals surface area (Å²) in [6, 6.07) is 4.79. The number of nitrogens with one attached hydrogen (secondary N) is 1. The number of nitrogens with zero attached hydrogens (tertiary/aromatic N) is 1. The molecule has 0 bridgehead atoms. The number of allylic oxidation sites excluding steroid dienone is 1. The Labute approximate surface area is 148 Å². The van der Waals surface area contributed by atoms with Crippen molar-refractivity contribution < 1.29 is 23.1 Å². The van der Waals surface area contributed by atoms with Gasteiger partial charge in [0.05, 0.1) is 17.9 Å². The Morgan fingerprint density at radius 1 is 1.27 bits per heavy atom. The SMILES string of the molecule is CCOC(=O)c1c(C)[nH]c(C(=O)/C(C#N)=C/c2ccc(F)c(F)c2)c1C. The van der Waals surface area contributed by atoms with Gasteiger partial charge in [0.25, 0.3) is 0 Å². The number of ketones is 1. The number of rotatable bonds is 5. The van der Waals surface area contributed by atoms with E-state index in [9.17, 15) is 23.6 Å². The second-order valence-corrected chi connectivity index (χ2v) is 5.52. The van der Waals surface area contributed by atoms with E-state index >= 15 is 0 Å². The van der Waals surface area contributed by atoms with Crippen molar-refractivity contribution in [2.45, 2.75) is 20.8 Å². The van der Waals surface area contributed by atoms with Crippen LogP contribution in [0.4, 0.5) is 8.78 Å². The molecule has 0 spiro atoms. The van der Waals surface area contributed by atoms with E-state index in [4.69, 9.17) is 4.74 Å². The Kier molecular flexibility index (Phi) is 5.68. The molecule has 134 valence electrons. The topological polar surface area (TPSA) is 83.0 Å². The Balaban J connectivity index is 2.45. The van der Waals surface area contributed by atoms with E-state index in [2.05, 4.69) is 4.98 Å². The number of esters is 1. The number of aromatic amines is 1. The summed E-state index contributed by atoms with van der Waals surface area (Å²) in [4.78, 5) is 27.5. The van der Waals surface area contributed by atoms with Gasteiger partial charge in [0.2, 0.25) is 5.78 Å². The molecule has 1 aromatic carbocycles. The standard InChI is InChI=1S/C19H16F2N2O3/c1-4-26-19(25)16-10(2)17(23-11(16)3)18(24)13(9-22)7-12-5-6-14(20)15(21)8-12/h5-8,23H,4H2,1-3H3/b13-7+. The number of benzene rings is 1. The highest BCUT2D eigenvalue weighted by Gasteiger charge is 2.24. The first kappa shape index (κ1) is 19.1. The quantitative estimate of drug-likeness (QED) is 0.381. The molecule has 1 N–H and O–H groups in total. The molecule has 0 saturated heterocycles. The zero-order valence-electron chi connectivity index (χ0n) is 14.4. The molecule has 0 aliphatic carbocycles. The molecule has 0 radical (unpaired) electrons. The average molecular weight is 358 g/mol. The monoisotopic (exact) mass is 358 g/mol. The van der Waals surface area contributed by atoms with Crippen molar-refractivity contribution in [2.75, 3.05) is 6.61 Å². The maximum atomic E-state index is 13.3. The van der Waals surface area contributed by atoms with Crippen LogP contribution in [0.2, 0.25) is 0 Å². The highest BCUT2D eigenvalue weighted by atomic mass is 19.2. The molecule has 0 atom stereocenters. The van der Waals surface area contributed by atoms with Gasteiger partial charge in [-0.3, -0.25) is 4.79 Å². The molecule has 26 heavy (non-hydrogen) atoms. The summed E-state index contributed by atoms with van der Waals surface area (Å²) in [6.07, 6.45) is 1.16. The molecule has 0 amide bonds. The molecule has 5 nitrogen and oxygen atoms in total. The molecule has 2 aromatic rings. The number of aromatic nitrogens is 1. The summed E-state index contributed by atoms with van der Waals surface area (Å²) in [6.45, 7) is 5.03. The molecule has 1 heterocycles. The van der Waals surface area contributed by atoms with Gasteiger partial charge in [-0.2, -0.15) is 5.26 Å². The lowest BCUT2D eigenvalue weighted by Gasteiger charge is -2.03. The highest BCUT2D eigenvalue weighted by molar-refractivity contribution is 6.15. The molecule has 0 fully saturated rings. The molecule has 2 rings (SSSR count). The van der Waals surface area contributed by atoms with Crippen LogP contribution >= 0.6 is 0 Å². The van der Waals surface area contributed by atoms with E-state index in [1.54, 1.807) is 26.8 Å². The molecule has 0 saturated carbocycles. The van der Waals surface area contributed by atoms with Gasteiger partial charge in [0.15, 0.2) is 11.6 Å². The number of carbonyl (C=O) groups is 2. The summed E-state index contributed by atoms with van der Waals surface area (Å²) in [5.41, 5.74) is 0.990. The number of halogens is 2. The molecule has 0 aliphatic heterocycles. The molecule has 0 aliphatic rings. The van der Waals surface area contributed by atoms with Crippen LogP contribution in [0.3, 0.4) is 0 Å². The summed E-state index contributed by atoms with van der Waals surface area (Å²) in [5.74, 6) is -3.34. The minimum atomic E-state index is -1.08.